The first-order valence-electron chi connectivity index (χ1n) is 9.42. The molecule has 0 bridgehead atoms. The molecule has 6 nitrogen and oxygen atoms in total. The Morgan fingerprint density at radius 3 is 2.38 bits per heavy atom. The summed E-state index contributed by atoms with van der Waals surface area (Å²) in [4.78, 5) is 10.0. The molecule has 182 valence electrons. The Balaban J connectivity index is -0.000000584. The fourth-order valence-electron chi connectivity index (χ4n) is 2.02. The molecule has 2 aromatic rings. The van der Waals surface area contributed by atoms with Gasteiger partial charge in [-0.2, -0.15) is 0 Å². The van der Waals surface area contributed by atoms with Gasteiger partial charge >= 0.3 is 0 Å². The maximum Gasteiger partial charge on any atom is 0.288 e. The Kier molecular flexibility index (Phi) is 16.7. The first-order chi connectivity index (χ1) is 14.6. The summed E-state index contributed by atoms with van der Waals surface area (Å²) in [5.41, 5.74) is 6.35. The van der Waals surface area contributed by atoms with Crippen molar-refractivity contribution in [2.24, 2.45) is 0 Å². The maximum absolute atomic E-state index is 13.2. The van der Waals surface area contributed by atoms with Gasteiger partial charge in [0.1, 0.15) is 10.8 Å². The molecule has 0 fully saturated rings. The summed E-state index contributed by atoms with van der Waals surface area (Å²) >= 11 is 4.32. The predicted octanol–water partition coefficient (Wildman–Crippen LogP) is 4.41. The van der Waals surface area contributed by atoms with Crippen molar-refractivity contribution in [1.82, 2.24) is 5.32 Å². The van der Waals surface area contributed by atoms with Crippen LogP contribution in [0.15, 0.2) is 53.3 Å². The number of anilines is 2. The molecule has 0 saturated heterocycles. The van der Waals surface area contributed by atoms with Crippen LogP contribution < -0.4 is 21.5 Å². The van der Waals surface area contributed by atoms with Crippen molar-refractivity contribution in [2.45, 2.75) is 40.7 Å². The lowest BCUT2D eigenvalue weighted by molar-refractivity contribution is 0.138. The van der Waals surface area contributed by atoms with Gasteiger partial charge < -0.3 is 16.2 Å². The molecule has 0 aromatic heterocycles. The van der Waals surface area contributed by atoms with E-state index in [4.69, 9.17) is 5.73 Å². The van der Waals surface area contributed by atoms with E-state index in [1.54, 1.807) is 18.2 Å². The molecule has 2 rings (SSSR count). The van der Waals surface area contributed by atoms with Crippen LogP contribution >= 0.6 is 12.2 Å². The minimum Gasteiger partial charge on any atom is -0.396 e. The highest BCUT2D eigenvalue weighted by molar-refractivity contribution is 7.80. The molecule has 0 heterocycles. The molecule has 10 heteroatoms. The van der Waals surface area contributed by atoms with Crippen LogP contribution in [0.1, 0.15) is 28.3 Å². The zero-order chi connectivity index (χ0) is 24.0. The van der Waals surface area contributed by atoms with Crippen LogP contribution in [0.2, 0.25) is 0 Å². The Morgan fingerprint density at radius 2 is 1.81 bits per heavy atom. The van der Waals surface area contributed by atoms with Crippen LogP contribution in [-0.2, 0) is 0 Å². The van der Waals surface area contributed by atoms with Gasteiger partial charge in [0, 0.05) is 14.0 Å². The number of aliphatic hydroxyl groups excluding tert-OH is 1. The summed E-state index contributed by atoms with van der Waals surface area (Å²) in [5, 5.41) is 21.9. The van der Waals surface area contributed by atoms with E-state index in [1.807, 2.05) is 32.9 Å². The minimum absolute atomic E-state index is 0. The molecule has 2 aromatic carbocycles. The predicted molar refractivity (Wildman–Crippen MR) is 130 cm³/mol. The maximum atomic E-state index is 13.2. The number of aryl methyl sites for hydroxylation is 1. The van der Waals surface area contributed by atoms with Crippen molar-refractivity contribution in [1.29, 1.82) is 0 Å². The quantitative estimate of drug-likeness (QED) is 0.278. The highest BCUT2D eigenvalue weighted by atomic mass is 32.1. The highest BCUT2D eigenvalue weighted by Gasteiger charge is 2.15. The van der Waals surface area contributed by atoms with Crippen LogP contribution in [0.5, 0.6) is 0 Å². The van der Waals surface area contributed by atoms with Crippen LogP contribution in [0.4, 0.5) is 24.5 Å². The average molecular weight is 478 g/mol. The first kappa shape index (κ1) is 31.5. The van der Waals surface area contributed by atoms with E-state index in [2.05, 4.69) is 17.5 Å². The number of hydrogen-bond donors (Lipinski definition) is 4. The second kappa shape index (κ2) is 16.9. The second-order valence-electron chi connectivity index (χ2n) is 6.00. The molecule has 0 saturated carbocycles. The molecule has 0 aliphatic heterocycles. The number of rotatable bonds is 6. The van der Waals surface area contributed by atoms with Gasteiger partial charge in [0.2, 0.25) is 0 Å². The van der Waals surface area contributed by atoms with Gasteiger partial charge in [-0.05, 0) is 36.8 Å². The number of nitrogens with zero attached hydrogens (tertiary/aromatic N) is 1. The van der Waals surface area contributed by atoms with Crippen molar-refractivity contribution in [3.63, 3.8) is 0 Å². The van der Waals surface area contributed by atoms with Gasteiger partial charge in [-0.3, -0.25) is 15.1 Å². The lowest BCUT2D eigenvalue weighted by Crippen LogP contribution is -2.40. The van der Waals surface area contributed by atoms with E-state index in [0.29, 0.717) is 5.06 Å². The van der Waals surface area contributed by atoms with Crippen molar-refractivity contribution in [2.75, 3.05) is 23.9 Å². The van der Waals surface area contributed by atoms with Crippen molar-refractivity contribution in [3.05, 3.63) is 70.1 Å². The third-order valence-corrected chi connectivity index (χ3v) is 3.80. The number of nitrogen functional groups attached to an aromatic ring is 1. The number of hydrogen-bond acceptors (Lipinski definition) is 6. The Hall–Kier alpha value is -2.69. The summed E-state index contributed by atoms with van der Waals surface area (Å²) in [7, 11) is 0. The fraction of sp³-hybridized carbons (Fsp3) is 0.364. The first-order valence-corrected chi connectivity index (χ1v) is 9.83. The molecule has 0 aliphatic carbocycles. The van der Waals surface area contributed by atoms with Crippen LogP contribution in [0.3, 0.4) is 0 Å². The smallest absolute Gasteiger partial charge is 0.288 e. The minimum atomic E-state index is -2.81. The van der Waals surface area contributed by atoms with Crippen LogP contribution in [0, 0.1) is 12.7 Å². The number of hydroxylamine groups is 1. The average Bonchev–Trinajstić information content (AvgIpc) is 2.92. The molecule has 0 unspecified atom stereocenters. The number of nitrogens with two attached hydrogens (primary N) is 1. The van der Waals surface area contributed by atoms with E-state index < -0.39 is 23.3 Å². The lowest BCUT2D eigenvalue weighted by Gasteiger charge is -2.21. The molecular formula is C22H34F3N3O3S. The molecule has 0 spiro atoms. The molecule has 32 heavy (non-hydrogen) atoms. The number of halogens is 3. The number of nitrogens with one attached hydrogen (secondary N) is 1. The van der Waals surface area contributed by atoms with E-state index in [1.165, 1.54) is 12.1 Å². The van der Waals surface area contributed by atoms with E-state index in [9.17, 15) is 28.3 Å². The summed E-state index contributed by atoms with van der Waals surface area (Å²) in [6.45, 7) is 5.32. The lowest BCUT2D eigenvalue weighted by atomic mass is 10.2. The largest absolute Gasteiger partial charge is 0.396 e. The summed E-state index contributed by atoms with van der Waals surface area (Å²) in [5.74, 6) is -0.715. The van der Waals surface area contributed by atoms with Gasteiger partial charge in [0.25, 0.3) is 6.43 Å². The molecular weight excluding hydrogens is 443 g/mol. The topological polar surface area (TPSA) is 98.8 Å². The van der Waals surface area contributed by atoms with Crippen molar-refractivity contribution >= 4 is 28.6 Å². The number of aliphatic hydroxyl groups is 1. The van der Waals surface area contributed by atoms with Gasteiger partial charge in [0.05, 0.1) is 24.0 Å². The van der Waals surface area contributed by atoms with Gasteiger partial charge in [-0.25, -0.2) is 13.2 Å². The monoisotopic (exact) mass is 477 g/mol. The summed E-state index contributed by atoms with van der Waals surface area (Å²) in [6, 6.07) is 12.3. The Labute approximate surface area is 193 Å². The zero-order valence-corrected chi connectivity index (χ0v) is 18.4. The van der Waals surface area contributed by atoms with Gasteiger partial charge in [0.15, 0.2) is 5.43 Å². The summed E-state index contributed by atoms with van der Waals surface area (Å²) < 4.78 is 37.4. The Morgan fingerprint density at radius 1 is 1.22 bits per heavy atom. The fourth-order valence-corrected chi connectivity index (χ4v) is 2.10. The highest BCUT2D eigenvalue weighted by Crippen LogP contribution is 2.18. The second-order valence-corrected chi connectivity index (χ2v) is 6.44. The molecule has 0 aliphatic rings. The van der Waals surface area contributed by atoms with Crippen molar-refractivity contribution in [3.8, 4) is 0 Å². The van der Waals surface area contributed by atoms with Gasteiger partial charge in [-0.15, -0.1) is 0 Å². The zero-order valence-electron chi connectivity index (χ0n) is 17.6. The van der Waals surface area contributed by atoms with Crippen LogP contribution in [0.25, 0.3) is 0 Å². The molecule has 0 amide bonds. The molecule has 0 radical (unpaired) electrons. The number of benzene rings is 1. The molecule has 5 N–H and O–H groups in total. The van der Waals surface area contributed by atoms with Gasteiger partial charge in [-0.1, -0.05) is 51.7 Å². The standard InChI is InChI=1S/C11H14F3N3O2S.C8H8O.C2H6.CH4.H2/c12-8-3-6(1-2-9(8)15)17(19)5-7(18)4-16-11(20)10(13)14;1-7-4-2-3-5-8(9)6-7;1-2;;/h1-3,7,10,18-19H,4-5,15H2,(H,16,20);2-6H,1H3;1-2H3;1H4;1H/t7-;;;;/m0..../s1. The number of thiocarbonyl (C=S) groups is 1. The third kappa shape index (κ3) is 12.9. The van der Waals surface area contributed by atoms with E-state index >= 15 is 0 Å². The van der Waals surface area contributed by atoms with E-state index in [-0.39, 0.29) is 38.7 Å². The van der Waals surface area contributed by atoms with Crippen molar-refractivity contribution < 1.29 is 24.9 Å². The normalized spacial score (nSPS) is 10.4. The number of alkyl halides is 2. The van der Waals surface area contributed by atoms with Crippen LogP contribution in [-0.4, -0.2) is 40.9 Å². The third-order valence-electron chi connectivity index (χ3n) is 3.48. The Bertz CT molecular complexity index is 879. The SMILES string of the molecule is C.CC.Cc1ccccc(=O)c1.Nc1ccc(N(O)C[C@@H](O)CNC(=S)C(F)F)cc1F.[HH]. The summed E-state index contributed by atoms with van der Waals surface area (Å²) in [6.07, 6.45) is -3.99. The molecule has 1 atom stereocenters. The van der Waals surface area contributed by atoms with E-state index in [0.717, 1.165) is 11.6 Å².